The summed E-state index contributed by atoms with van der Waals surface area (Å²) in [4.78, 5) is 46.4. The van der Waals surface area contributed by atoms with Gasteiger partial charge in [-0.3, -0.25) is 19.7 Å². The third kappa shape index (κ3) is 4.00. The Morgan fingerprint density at radius 2 is 2.00 bits per heavy atom. The van der Waals surface area contributed by atoms with Gasteiger partial charge in [0, 0.05) is 22.2 Å². The molecule has 0 aliphatic carbocycles. The highest BCUT2D eigenvalue weighted by atomic mass is 32.1. The van der Waals surface area contributed by atoms with Crippen molar-refractivity contribution < 1.29 is 24.0 Å². The molecule has 0 spiro atoms. The molecule has 144 valence electrons. The molecule has 0 saturated carbocycles. The van der Waals surface area contributed by atoms with Gasteiger partial charge in [-0.1, -0.05) is 0 Å². The Morgan fingerprint density at radius 1 is 1.25 bits per heavy atom. The summed E-state index contributed by atoms with van der Waals surface area (Å²) < 4.78 is 5.85. The van der Waals surface area contributed by atoms with Crippen LogP contribution in [-0.2, 0) is 9.53 Å². The maximum absolute atomic E-state index is 12.3. The van der Waals surface area contributed by atoms with Gasteiger partial charge in [-0.15, -0.1) is 22.7 Å². The number of non-ortho nitro benzene ring substituents is 1. The average molecular weight is 419 g/mol. The lowest BCUT2D eigenvalue weighted by Gasteiger charge is -2.12. The van der Waals surface area contributed by atoms with Gasteiger partial charge in [0.25, 0.3) is 17.5 Å². The minimum atomic E-state index is -1.13. The van der Waals surface area contributed by atoms with Gasteiger partial charge in [0.2, 0.25) is 0 Å². The molecule has 2 amide bonds. The van der Waals surface area contributed by atoms with E-state index in [4.69, 9.17) is 10.5 Å². The molecule has 1 unspecified atom stereocenters. The summed E-state index contributed by atoms with van der Waals surface area (Å²) in [6.45, 7) is 1.39. The van der Waals surface area contributed by atoms with Crippen LogP contribution in [0.4, 0.5) is 10.7 Å². The van der Waals surface area contributed by atoms with Gasteiger partial charge in [0.15, 0.2) is 6.10 Å². The number of carbonyl (C=O) groups is 3. The normalized spacial score (nSPS) is 11.8. The number of anilines is 1. The Labute approximate surface area is 165 Å². The highest BCUT2D eigenvalue weighted by Crippen LogP contribution is 2.29. The fraction of sp³-hybridized carbons (Fsp3) is 0.118. The number of fused-ring (bicyclic) bond motifs is 1. The molecule has 0 aliphatic heterocycles. The lowest BCUT2D eigenvalue weighted by Crippen LogP contribution is -2.30. The van der Waals surface area contributed by atoms with Crippen LogP contribution in [0.3, 0.4) is 0 Å². The number of benzene rings is 1. The highest BCUT2D eigenvalue weighted by molar-refractivity contribution is 7.20. The van der Waals surface area contributed by atoms with E-state index in [0.717, 1.165) is 22.7 Å². The Balaban J connectivity index is 1.70. The second kappa shape index (κ2) is 7.74. The molecule has 3 rings (SSSR count). The second-order valence-corrected chi connectivity index (χ2v) is 7.65. The molecule has 0 fully saturated rings. The largest absolute Gasteiger partial charge is 0.448 e. The number of hydrogen-bond donors (Lipinski definition) is 2. The summed E-state index contributed by atoms with van der Waals surface area (Å²) >= 11 is 2.22. The van der Waals surface area contributed by atoms with Crippen molar-refractivity contribution in [1.29, 1.82) is 0 Å². The van der Waals surface area contributed by atoms with Crippen LogP contribution in [0.25, 0.3) is 10.1 Å². The first-order chi connectivity index (χ1) is 13.3. The number of esters is 1. The average Bonchev–Trinajstić information content (AvgIpc) is 3.27. The van der Waals surface area contributed by atoms with E-state index in [1.54, 1.807) is 11.4 Å². The zero-order chi connectivity index (χ0) is 20.4. The predicted molar refractivity (Wildman–Crippen MR) is 105 cm³/mol. The number of nitrogens with zero attached hydrogens (tertiary/aromatic N) is 1. The Morgan fingerprint density at radius 3 is 2.68 bits per heavy atom. The molecule has 9 nitrogen and oxygen atoms in total. The maximum atomic E-state index is 12.3. The summed E-state index contributed by atoms with van der Waals surface area (Å²) in [6.07, 6.45) is -1.13. The van der Waals surface area contributed by atoms with Crippen LogP contribution in [0.15, 0.2) is 35.7 Å². The summed E-state index contributed by atoms with van der Waals surface area (Å²) in [5.41, 5.74) is 5.31. The molecule has 3 aromatic rings. The zero-order valence-corrected chi connectivity index (χ0v) is 16.0. The fourth-order valence-electron chi connectivity index (χ4n) is 2.33. The number of rotatable bonds is 6. The highest BCUT2D eigenvalue weighted by Gasteiger charge is 2.22. The van der Waals surface area contributed by atoms with Crippen LogP contribution in [0.5, 0.6) is 0 Å². The van der Waals surface area contributed by atoms with E-state index in [1.807, 2.05) is 0 Å². The predicted octanol–water partition coefficient (Wildman–Crippen LogP) is 3.15. The summed E-state index contributed by atoms with van der Waals surface area (Å²) in [5, 5.41) is 15.8. The molecule has 2 heterocycles. The van der Waals surface area contributed by atoms with E-state index < -0.39 is 28.8 Å². The first-order valence-corrected chi connectivity index (χ1v) is 9.53. The van der Waals surface area contributed by atoms with Crippen molar-refractivity contribution in [1.82, 2.24) is 0 Å². The number of nitrogens with one attached hydrogen (secondary N) is 1. The summed E-state index contributed by atoms with van der Waals surface area (Å²) in [7, 11) is 0. The number of ether oxygens (including phenoxy) is 1. The van der Waals surface area contributed by atoms with Crippen LogP contribution in [0.1, 0.15) is 27.0 Å². The van der Waals surface area contributed by atoms with Crippen LogP contribution < -0.4 is 11.1 Å². The SMILES string of the molecule is CC(OC(=O)c1cc2cc([N+](=O)[O-])ccc2s1)C(=O)Nc1sccc1C(N)=O. The van der Waals surface area contributed by atoms with Gasteiger partial charge in [-0.2, -0.15) is 0 Å². The van der Waals surface area contributed by atoms with Crippen LogP contribution in [0.2, 0.25) is 0 Å². The van der Waals surface area contributed by atoms with E-state index in [-0.39, 0.29) is 21.1 Å². The third-order valence-electron chi connectivity index (χ3n) is 3.73. The van der Waals surface area contributed by atoms with E-state index >= 15 is 0 Å². The number of primary amides is 1. The number of nitrogens with two attached hydrogens (primary N) is 1. The van der Waals surface area contributed by atoms with Crippen molar-refractivity contribution in [2.45, 2.75) is 13.0 Å². The minimum absolute atomic E-state index is 0.0841. The molecule has 1 atom stereocenters. The van der Waals surface area contributed by atoms with Crippen molar-refractivity contribution in [3.8, 4) is 0 Å². The minimum Gasteiger partial charge on any atom is -0.448 e. The second-order valence-electron chi connectivity index (χ2n) is 5.65. The molecular weight excluding hydrogens is 406 g/mol. The van der Waals surface area contributed by atoms with Gasteiger partial charge >= 0.3 is 5.97 Å². The van der Waals surface area contributed by atoms with Crippen molar-refractivity contribution in [3.05, 3.63) is 56.3 Å². The van der Waals surface area contributed by atoms with Gasteiger partial charge < -0.3 is 15.8 Å². The zero-order valence-electron chi connectivity index (χ0n) is 14.3. The van der Waals surface area contributed by atoms with Crippen LogP contribution in [0, 0.1) is 10.1 Å². The molecule has 0 radical (unpaired) electrons. The fourth-order valence-corrected chi connectivity index (χ4v) is 4.05. The van der Waals surface area contributed by atoms with E-state index in [0.29, 0.717) is 10.1 Å². The lowest BCUT2D eigenvalue weighted by atomic mass is 10.2. The molecular formula is C17H13N3O6S2. The van der Waals surface area contributed by atoms with Gasteiger partial charge in [-0.25, -0.2) is 4.79 Å². The smallest absolute Gasteiger partial charge is 0.349 e. The molecule has 1 aromatic carbocycles. The first kappa shape index (κ1) is 19.5. The molecule has 0 saturated heterocycles. The molecule has 0 bridgehead atoms. The van der Waals surface area contributed by atoms with Crippen LogP contribution >= 0.6 is 22.7 Å². The van der Waals surface area contributed by atoms with Crippen LogP contribution in [-0.4, -0.2) is 28.8 Å². The monoisotopic (exact) mass is 419 g/mol. The number of thiophene rings is 2. The van der Waals surface area contributed by atoms with Crippen molar-refractivity contribution in [2.24, 2.45) is 5.73 Å². The van der Waals surface area contributed by atoms with Crippen molar-refractivity contribution >= 4 is 61.2 Å². The van der Waals surface area contributed by atoms with Gasteiger partial charge in [0.05, 0.1) is 10.5 Å². The molecule has 3 N–H and O–H groups in total. The maximum Gasteiger partial charge on any atom is 0.349 e. The number of amides is 2. The van der Waals surface area contributed by atoms with E-state index in [9.17, 15) is 24.5 Å². The quantitative estimate of drug-likeness (QED) is 0.357. The third-order valence-corrected chi connectivity index (χ3v) is 5.66. The Bertz CT molecular complexity index is 1100. The number of hydrogen-bond acceptors (Lipinski definition) is 8. The number of nitro benzene ring substituents is 1. The molecule has 11 heteroatoms. The van der Waals surface area contributed by atoms with E-state index in [1.165, 1.54) is 31.2 Å². The summed E-state index contributed by atoms with van der Waals surface area (Å²) in [5.74, 6) is -2.02. The van der Waals surface area contributed by atoms with Crippen molar-refractivity contribution in [3.63, 3.8) is 0 Å². The number of carbonyl (C=O) groups excluding carboxylic acids is 3. The lowest BCUT2D eigenvalue weighted by molar-refractivity contribution is -0.384. The van der Waals surface area contributed by atoms with Gasteiger partial charge in [0.1, 0.15) is 9.88 Å². The molecule has 2 aromatic heterocycles. The molecule has 28 heavy (non-hydrogen) atoms. The molecule has 0 aliphatic rings. The Hall–Kier alpha value is -3.31. The van der Waals surface area contributed by atoms with Crippen molar-refractivity contribution in [2.75, 3.05) is 5.32 Å². The van der Waals surface area contributed by atoms with Gasteiger partial charge in [-0.05, 0) is 30.5 Å². The standard InChI is InChI=1S/C17H13N3O6S2/c1-8(15(22)19-16-11(14(18)21)4-5-27-16)26-17(23)13-7-9-6-10(20(24)25)2-3-12(9)28-13/h2-8H,1H3,(H2,18,21)(H,19,22). The van der Waals surface area contributed by atoms with E-state index in [2.05, 4.69) is 5.32 Å². The first-order valence-electron chi connectivity index (χ1n) is 7.83. The number of nitro groups is 1. The summed E-state index contributed by atoms with van der Waals surface area (Å²) in [6, 6.07) is 7.22. The Kier molecular flexibility index (Phi) is 5.38. The topological polar surface area (TPSA) is 142 Å².